The Balaban J connectivity index is 0.000000213. The van der Waals surface area contributed by atoms with E-state index in [-0.39, 0.29) is 11.1 Å². The standard InChI is InChI=1S/C17H13F2NO.C13H9FN2O2.2C2H6/c1-10-5-3-6-12-9-11(2)20(17(21)15(10)12)16-13(18)7-4-8-14(16)19;1-8-7-9-3-2-4-10(14)12(9)13(17)16(8)11-5-6-18-15-11;2*1-2/h3-9H,1-2H3;2-7H,1H3;2*1-2H3. The van der Waals surface area contributed by atoms with E-state index in [0.29, 0.717) is 28.0 Å². The number of para-hydroxylation sites is 1. The van der Waals surface area contributed by atoms with Gasteiger partial charge >= 0.3 is 0 Å². The summed E-state index contributed by atoms with van der Waals surface area (Å²) in [5.41, 5.74) is 0.770. The second kappa shape index (κ2) is 14.3. The minimum absolute atomic E-state index is 0.0612. The summed E-state index contributed by atoms with van der Waals surface area (Å²) in [5.74, 6) is -1.70. The first kappa shape index (κ1) is 32.6. The fraction of sp³-hybridized carbons (Fsp3) is 0.206. The lowest BCUT2D eigenvalue weighted by Crippen LogP contribution is -2.23. The van der Waals surface area contributed by atoms with Gasteiger partial charge in [0, 0.05) is 17.5 Å². The second-order valence-corrected chi connectivity index (χ2v) is 9.02. The average Bonchev–Trinajstić information content (AvgIpc) is 3.51. The van der Waals surface area contributed by atoms with E-state index in [1.165, 1.54) is 23.0 Å². The highest BCUT2D eigenvalue weighted by molar-refractivity contribution is 5.85. The molecular formula is C34H34F3N3O3. The molecule has 0 aliphatic carbocycles. The number of fused-ring (bicyclic) bond motifs is 2. The fourth-order valence-corrected chi connectivity index (χ4v) is 4.70. The maximum absolute atomic E-state index is 14.0. The van der Waals surface area contributed by atoms with Crippen LogP contribution in [0.2, 0.25) is 0 Å². The van der Waals surface area contributed by atoms with E-state index in [1.807, 2.05) is 39.8 Å². The van der Waals surface area contributed by atoms with Crippen LogP contribution < -0.4 is 11.1 Å². The number of benzene rings is 3. The summed E-state index contributed by atoms with van der Waals surface area (Å²) >= 11 is 0. The predicted molar refractivity (Wildman–Crippen MR) is 166 cm³/mol. The molecule has 0 fully saturated rings. The van der Waals surface area contributed by atoms with Gasteiger partial charge < -0.3 is 4.52 Å². The molecule has 0 bridgehead atoms. The van der Waals surface area contributed by atoms with Crippen LogP contribution in [0.3, 0.4) is 0 Å². The van der Waals surface area contributed by atoms with Gasteiger partial charge in [0.05, 0.1) is 10.8 Å². The largest absolute Gasteiger partial charge is 0.363 e. The van der Waals surface area contributed by atoms with E-state index in [0.717, 1.165) is 27.6 Å². The number of rotatable bonds is 2. The Hall–Kier alpha value is -4.92. The van der Waals surface area contributed by atoms with Crippen molar-refractivity contribution in [1.29, 1.82) is 0 Å². The van der Waals surface area contributed by atoms with Crippen LogP contribution in [0.1, 0.15) is 44.6 Å². The molecule has 224 valence electrons. The quantitative estimate of drug-likeness (QED) is 0.204. The lowest BCUT2D eigenvalue weighted by Gasteiger charge is -2.14. The number of hydrogen-bond acceptors (Lipinski definition) is 4. The van der Waals surface area contributed by atoms with Crippen molar-refractivity contribution in [2.75, 3.05) is 0 Å². The lowest BCUT2D eigenvalue weighted by molar-refractivity contribution is 0.416. The van der Waals surface area contributed by atoms with Crippen molar-refractivity contribution < 1.29 is 17.7 Å². The Morgan fingerprint density at radius 2 is 1.12 bits per heavy atom. The maximum Gasteiger partial charge on any atom is 0.267 e. The second-order valence-electron chi connectivity index (χ2n) is 9.02. The van der Waals surface area contributed by atoms with Crippen LogP contribution in [0.25, 0.3) is 33.1 Å². The van der Waals surface area contributed by atoms with E-state index >= 15 is 0 Å². The van der Waals surface area contributed by atoms with Gasteiger partial charge in [-0.2, -0.15) is 0 Å². The zero-order chi connectivity index (χ0) is 31.8. The number of nitrogens with zero attached hydrogens (tertiary/aromatic N) is 3. The molecule has 0 saturated carbocycles. The molecule has 0 amide bonds. The highest BCUT2D eigenvalue weighted by Gasteiger charge is 2.17. The summed E-state index contributed by atoms with van der Waals surface area (Å²) in [7, 11) is 0. The van der Waals surface area contributed by atoms with Crippen LogP contribution in [0.15, 0.2) is 93.2 Å². The summed E-state index contributed by atoms with van der Waals surface area (Å²) in [4.78, 5) is 25.0. The van der Waals surface area contributed by atoms with Crippen molar-refractivity contribution in [3.8, 4) is 11.5 Å². The Morgan fingerprint density at radius 1 is 0.628 bits per heavy atom. The Morgan fingerprint density at radius 3 is 1.70 bits per heavy atom. The molecule has 0 aliphatic heterocycles. The maximum atomic E-state index is 14.0. The fourth-order valence-electron chi connectivity index (χ4n) is 4.70. The summed E-state index contributed by atoms with van der Waals surface area (Å²) in [5, 5.41) is 5.60. The molecule has 0 unspecified atom stereocenters. The molecule has 3 heterocycles. The van der Waals surface area contributed by atoms with Crippen molar-refractivity contribution in [2.24, 2.45) is 0 Å². The highest BCUT2D eigenvalue weighted by atomic mass is 19.1. The molecule has 0 saturated heterocycles. The van der Waals surface area contributed by atoms with Crippen molar-refractivity contribution in [1.82, 2.24) is 14.3 Å². The van der Waals surface area contributed by atoms with Crippen LogP contribution in [0.5, 0.6) is 0 Å². The van der Waals surface area contributed by atoms with Gasteiger partial charge in [-0.3, -0.25) is 18.7 Å². The molecule has 0 N–H and O–H groups in total. The third-order valence-corrected chi connectivity index (χ3v) is 6.43. The van der Waals surface area contributed by atoms with Gasteiger partial charge in [-0.25, -0.2) is 13.2 Å². The number of aromatic nitrogens is 3. The van der Waals surface area contributed by atoms with E-state index in [2.05, 4.69) is 5.16 Å². The number of hydrogen-bond donors (Lipinski definition) is 0. The third kappa shape index (κ3) is 6.45. The van der Waals surface area contributed by atoms with Crippen molar-refractivity contribution in [3.05, 3.63) is 134 Å². The molecule has 0 radical (unpaired) electrons. The Bertz CT molecular complexity index is 1960. The van der Waals surface area contributed by atoms with E-state index in [9.17, 15) is 22.8 Å². The minimum atomic E-state index is -0.756. The summed E-state index contributed by atoms with van der Waals surface area (Å²) in [6, 6.07) is 18.7. The van der Waals surface area contributed by atoms with Gasteiger partial charge in [0.1, 0.15) is 29.4 Å². The number of aryl methyl sites for hydroxylation is 3. The van der Waals surface area contributed by atoms with Gasteiger partial charge in [0.25, 0.3) is 11.1 Å². The van der Waals surface area contributed by atoms with Gasteiger partial charge in [0.2, 0.25) is 0 Å². The molecule has 3 aromatic heterocycles. The van der Waals surface area contributed by atoms with E-state index < -0.39 is 28.6 Å². The minimum Gasteiger partial charge on any atom is -0.363 e. The van der Waals surface area contributed by atoms with Crippen molar-refractivity contribution in [3.63, 3.8) is 0 Å². The number of pyridine rings is 2. The zero-order valence-corrected chi connectivity index (χ0v) is 25.2. The monoisotopic (exact) mass is 589 g/mol. The predicted octanol–water partition coefficient (Wildman–Crippen LogP) is 8.36. The van der Waals surface area contributed by atoms with Crippen LogP contribution in [-0.4, -0.2) is 14.3 Å². The topological polar surface area (TPSA) is 70.0 Å². The SMILES string of the molecule is CC.CC.Cc1cc2cccc(F)c2c(=O)n1-c1ccon1.Cc1cccc2cc(C)n(-c3c(F)cccc3F)c(=O)c12. The van der Waals surface area contributed by atoms with Gasteiger partial charge in [-0.15, -0.1) is 0 Å². The van der Waals surface area contributed by atoms with Crippen LogP contribution in [0, 0.1) is 38.2 Å². The molecule has 0 aliphatic rings. The van der Waals surface area contributed by atoms with Gasteiger partial charge in [0.15, 0.2) is 5.82 Å². The van der Waals surface area contributed by atoms with Gasteiger partial charge in [-0.05, 0) is 67.4 Å². The highest BCUT2D eigenvalue weighted by Crippen LogP contribution is 2.22. The van der Waals surface area contributed by atoms with Crippen molar-refractivity contribution in [2.45, 2.75) is 48.5 Å². The average molecular weight is 590 g/mol. The lowest BCUT2D eigenvalue weighted by atomic mass is 10.1. The zero-order valence-electron chi connectivity index (χ0n) is 25.2. The summed E-state index contributed by atoms with van der Waals surface area (Å²) < 4.78 is 48.9. The van der Waals surface area contributed by atoms with Gasteiger partial charge in [-0.1, -0.05) is 69.2 Å². The molecular weight excluding hydrogens is 555 g/mol. The van der Waals surface area contributed by atoms with Crippen LogP contribution >= 0.6 is 0 Å². The summed E-state index contributed by atoms with van der Waals surface area (Å²) in [6.45, 7) is 13.2. The molecule has 6 rings (SSSR count). The molecule has 0 atom stereocenters. The molecule has 6 nitrogen and oxygen atoms in total. The first-order valence-electron chi connectivity index (χ1n) is 14.0. The van der Waals surface area contributed by atoms with Crippen molar-refractivity contribution >= 4 is 21.5 Å². The van der Waals surface area contributed by atoms with Crippen LogP contribution in [0.4, 0.5) is 13.2 Å². The first-order valence-corrected chi connectivity index (χ1v) is 14.0. The Kier molecular flexibility index (Phi) is 10.8. The third-order valence-electron chi connectivity index (χ3n) is 6.43. The molecule has 6 aromatic rings. The normalized spacial score (nSPS) is 10.3. The van der Waals surface area contributed by atoms with E-state index in [1.54, 1.807) is 57.2 Å². The molecule has 0 spiro atoms. The van der Waals surface area contributed by atoms with Crippen LogP contribution in [-0.2, 0) is 0 Å². The first-order chi connectivity index (χ1) is 20.7. The molecule has 3 aromatic carbocycles. The summed E-state index contributed by atoms with van der Waals surface area (Å²) in [6.07, 6.45) is 1.37. The Labute approximate surface area is 247 Å². The molecule has 9 heteroatoms. The molecule has 43 heavy (non-hydrogen) atoms. The van der Waals surface area contributed by atoms with E-state index in [4.69, 9.17) is 4.52 Å². The number of halogens is 3. The smallest absolute Gasteiger partial charge is 0.267 e.